The van der Waals surface area contributed by atoms with Crippen LogP contribution in [0.3, 0.4) is 0 Å². The molecule has 2 atom stereocenters. The third-order valence-electron chi connectivity index (χ3n) is 4.72. The molecule has 1 N–H and O–H groups in total. The Hall–Kier alpha value is -1.13. The van der Waals surface area contributed by atoms with Gasteiger partial charge in [-0.2, -0.15) is 0 Å². The molecule has 0 radical (unpaired) electrons. The summed E-state index contributed by atoms with van der Waals surface area (Å²) in [5.41, 5.74) is 1.16. The Morgan fingerprint density at radius 2 is 2.20 bits per heavy atom. The van der Waals surface area contributed by atoms with Crippen LogP contribution in [-0.2, 0) is 11.3 Å². The van der Waals surface area contributed by atoms with E-state index in [0.29, 0.717) is 12.1 Å². The Morgan fingerprint density at radius 1 is 1.25 bits per heavy atom. The monoisotopic (exact) mass is 273 g/mol. The van der Waals surface area contributed by atoms with Gasteiger partial charge in [0.25, 0.3) is 0 Å². The van der Waals surface area contributed by atoms with E-state index in [0.717, 1.165) is 37.3 Å². The summed E-state index contributed by atoms with van der Waals surface area (Å²) in [7, 11) is 0. The van der Waals surface area contributed by atoms with Gasteiger partial charge in [-0.25, -0.2) is 4.98 Å². The van der Waals surface area contributed by atoms with Gasteiger partial charge < -0.3 is 15.0 Å². The van der Waals surface area contributed by atoms with E-state index in [-0.39, 0.29) is 0 Å². The molecule has 2 aliphatic carbocycles. The predicted molar refractivity (Wildman–Crippen MR) is 78.8 cm³/mol. The Balaban J connectivity index is 1.49. The standard InChI is InChI=1S/C16H23N3O/c1-3-13(11-17-12-7-8-12)18-16(6-1)19-9-10-20-15-5-2-4-14(15)19/h1,3,6,12,14-15,17H,2,4-5,7-11H2. The van der Waals surface area contributed by atoms with Gasteiger partial charge in [0.2, 0.25) is 0 Å². The SMILES string of the molecule is c1cc(CNC2CC2)nc(N2CCOC3CCCC32)c1. The molecule has 3 fully saturated rings. The van der Waals surface area contributed by atoms with Gasteiger partial charge in [-0.1, -0.05) is 6.07 Å². The van der Waals surface area contributed by atoms with Crippen molar-refractivity contribution < 1.29 is 4.74 Å². The molecule has 108 valence electrons. The predicted octanol–water partition coefficient (Wildman–Crippen LogP) is 2.09. The highest BCUT2D eigenvalue weighted by atomic mass is 16.5. The highest BCUT2D eigenvalue weighted by molar-refractivity contribution is 5.42. The van der Waals surface area contributed by atoms with Crippen molar-refractivity contribution in [1.82, 2.24) is 10.3 Å². The number of anilines is 1. The first-order chi connectivity index (χ1) is 9.90. The average Bonchev–Trinajstić information content (AvgIpc) is 3.20. The van der Waals surface area contributed by atoms with E-state index < -0.39 is 0 Å². The van der Waals surface area contributed by atoms with E-state index in [1.807, 2.05) is 0 Å². The number of nitrogens with one attached hydrogen (secondary N) is 1. The van der Waals surface area contributed by atoms with Gasteiger partial charge in [-0.3, -0.25) is 0 Å². The molecule has 2 saturated carbocycles. The molecule has 2 unspecified atom stereocenters. The van der Waals surface area contributed by atoms with Gasteiger partial charge in [-0.05, 0) is 44.2 Å². The van der Waals surface area contributed by atoms with Crippen LogP contribution < -0.4 is 10.2 Å². The van der Waals surface area contributed by atoms with Gasteiger partial charge in [-0.15, -0.1) is 0 Å². The minimum atomic E-state index is 0.429. The lowest BCUT2D eigenvalue weighted by molar-refractivity contribution is 0.0253. The molecule has 1 aromatic rings. The number of ether oxygens (including phenoxy) is 1. The van der Waals surface area contributed by atoms with E-state index in [4.69, 9.17) is 9.72 Å². The molecule has 1 aromatic heterocycles. The quantitative estimate of drug-likeness (QED) is 0.911. The highest BCUT2D eigenvalue weighted by Gasteiger charge is 2.36. The lowest BCUT2D eigenvalue weighted by Crippen LogP contribution is -2.49. The first-order valence-electron chi connectivity index (χ1n) is 7.98. The zero-order valence-corrected chi connectivity index (χ0v) is 11.9. The maximum atomic E-state index is 5.89. The van der Waals surface area contributed by atoms with Gasteiger partial charge >= 0.3 is 0 Å². The third-order valence-corrected chi connectivity index (χ3v) is 4.72. The van der Waals surface area contributed by atoms with Crippen molar-refractivity contribution in [3.05, 3.63) is 23.9 Å². The number of fused-ring (bicyclic) bond motifs is 1. The Bertz CT molecular complexity index is 475. The van der Waals surface area contributed by atoms with Crippen LogP contribution in [0.1, 0.15) is 37.8 Å². The smallest absolute Gasteiger partial charge is 0.129 e. The third kappa shape index (κ3) is 2.54. The van der Waals surface area contributed by atoms with Crippen LogP contribution in [0.25, 0.3) is 0 Å². The van der Waals surface area contributed by atoms with Crippen LogP contribution in [-0.4, -0.2) is 36.3 Å². The van der Waals surface area contributed by atoms with E-state index in [9.17, 15) is 0 Å². The number of nitrogens with zero attached hydrogens (tertiary/aromatic N) is 2. The van der Waals surface area contributed by atoms with Crippen LogP contribution >= 0.6 is 0 Å². The summed E-state index contributed by atoms with van der Waals surface area (Å²) < 4.78 is 5.89. The fourth-order valence-electron chi connectivity index (χ4n) is 3.47. The second kappa shape index (κ2) is 5.34. The van der Waals surface area contributed by atoms with Crippen molar-refractivity contribution >= 4 is 5.82 Å². The minimum absolute atomic E-state index is 0.429. The number of hydrogen-bond acceptors (Lipinski definition) is 4. The summed E-state index contributed by atoms with van der Waals surface area (Å²) in [4.78, 5) is 7.34. The molecular formula is C16H23N3O. The number of morpholine rings is 1. The van der Waals surface area contributed by atoms with E-state index in [1.54, 1.807) is 0 Å². The van der Waals surface area contributed by atoms with Crippen LogP contribution in [0, 0.1) is 0 Å². The fraction of sp³-hybridized carbons (Fsp3) is 0.688. The van der Waals surface area contributed by atoms with E-state index >= 15 is 0 Å². The molecule has 0 amide bonds. The van der Waals surface area contributed by atoms with Crippen LogP contribution in [0.2, 0.25) is 0 Å². The number of pyridine rings is 1. The minimum Gasteiger partial charge on any atom is -0.374 e. The summed E-state index contributed by atoms with van der Waals surface area (Å²) in [6.07, 6.45) is 6.83. The first-order valence-corrected chi connectivity index (χ1v) is 7.98. The Labute approximate surface area is 120 Å². The summed E-state index contributed by atoms with van der Waals surface area (Å²) in [5.74, 6) is 1.14. The van der Waals surface area contributed by atoms with Crippen molar-refractivity contribution in [3.63, 3.8) is 0 Å². The zero-order chi connectivity index (χ0) is 13.4. The molecule has 0 spiro atoms. The van der Waals surface area contributed by atoms with Crippen LogP contribution in [0.5, 0.6) is 0 Å². The molecule has 4 rings (SSSR count). The van der Waals surface area contributed by atoms with Crippen LogP contribution in [0.4, 0.5) is 5.82 Å². The molecule has 3 aliphatic rings. The van der Waals surface area contributed by atoms with Crippen molar-refractivity contribution in [3.8, 4) is 0 Å². The largest absolute Gasteiger partial charge is 0.374 e. The number of hydrogen-bond donors (Lipinski definition) is 1. The fourth-order valence-corrected chi connectivity index (χ4v) is 3.47. The number of aromatic nitrogens is 1. The molecule has 2 heterocycles. The lowest BCUT2D eigenvalue weighted by Gasteiger charge is -2.38. The summed E-state index contributed by atoms with van der Waals surface area (Å²) in [6, 6.07) is 7.71. The summed E-state index contributed by atoms with van der Waals surface area (Å²) >= 11 is 0. The second-order valence-electron chi connectivity index (χ2n) is 6.24. The summed E-state index contributed by atoms with van der Waals surface area (Å²) in [6.45, 7) is 2.72. The molecule has 0 bridgehead atoms. The molecule has 0 aromatic carbocycles. The first kappa shape index (κ1) is 12.6. The molecule has 1 aliphatic heterocycles. The Kier molecular flexibility index (Phi) is 3.36. The molecule has 20 heavy (non-hydrogen) atoms. The van der Waals surface area contributed by atoms with E-state index in [2.05, 4.69) is 28.4 Å². The molecule has 1 saturated heterocycles. The van der Waals surface area contributed by atoms with Gasteiger partial charge in [0.1, 0.15) is 5.82 Å². The van der Waals surface area contributed by atoms with Crippen molar-refractivity contribution in [2.75, 3.05) is 18.1 Å². The molecular weight excluding hydrogens is 250 g/mol. The van der Waals surface area contributed by atoms with Crippen molar-refractivity contribution in [1.29, 1.82) is 0 Å². The average molecular weight is 273 g/mol. The van der Waals surface area contributed by atoms with Crippen molar-refractivity contribution in [2.45, 2.75) is 56.8 Å². The number of rotatable bonds is 4. The second-order valence-corrected chi connectivity index (χ2v) is 6.24. The zero-order valence-electron chi connectivity index (χ0n) is 11.9. The summed E-state index contributed by atoms with van der Waals surface area (Å²) in [5, 5.41) is 3.54. The van der Waals surface area contributed by atoms with Crippen LogP contribution in [0.15, 0.2) is 18.2 Å². The van der Waals surface area contributed by atoms with E-state index in [1.165, 1.54) is 32.1 Å². The van der Waals surface area contributed by atoms with Gasteiger partial charge in [0, 0.05) is 19.1 Å². The Morgan fingerprint density at radius 3 is 3.10 bits per heavy atom. The van der Waals surface area contributed by atoms with Crippen molar-refractivity contribution in [2.24, 2.45) is 0 Å². The normalized spacial score (nSPS) is 29.5. The van der Waals surface area contributed by atoms with Gasteiger partial charge in [0.05, 0.1) is 24.4 Å². The maximum absolute atomic E-state index is 5.89. The molecule has 4 nitrogen and oxygen atoms in total. The highest BCUT2D eigenvalue weighted by Crippen LogP contribution is 2.32. The van der Waals surface area contributed by atoms with Gasteiger partial charge in [0.15, 0.2) is 0 Å². The molecule has 4 heteroatoms. The maximum Gasteiger partial charge on any atom is 0.129 e. The lowest BCUT2D eigenvalue weighted by atomic mass is 10.1. The topological polar surface area (TPSA) is 37.4 Å².